The number of hydrogen-bond donors (Lipinski definition) is 1. The summed E-state index contributed by atoms with van der Waals surface area (Å²) in [6, 6.07) is 10.2. The van der Waals surface area contributed by atoms with E-state index in [9.17, 15) is 18.0 Å². The average Bonchev–Trinajstić information content (AvgIpc) is 3.03. The molecule has 2 aromatic carbocycles. The van der Waals surface area contributed by atoms with Gasteiger partial charge in [0.1, 0.15) is 18.1 Å². The normalized spacial score (nSPS) is 10.8. The minimum atomic E-state index is -3.05. The van der Waals surface area contributed by atoms with Crippen LogP contribution in [0.5, 0.6) is 11.5 Å². The molecule has 0 aliphatic heterocycles. The van der Waals surface area contributed by atoms with Crippen molar-refractivity contribution in [3.8, 4) is 11.5 Å². The molecule has 0 atom stereocenters. The van der Waals surface area contributed by atoms with E-state index in [1.807, 2.05) is 0 Å². The highest BCUT2D eigenvalue weighted by molar-refractivity contribution is 6.04. The number of aromatic nitrogens is 1. The average molecular weight is 406 g/mol. The lowest BCUT2D eigenvalue weighted by Crippen LogP contribution is -2.17. The molecule has 1 N–H and O–H groups in total. The van der Waals surface area contributed by atoms with Crippen molar-refractivity contribution in [3.05, 3.63) is 70.9 Å². The lowest BCUT2D eigenvalue weighted by molar-refractivity contribution is -0.0493. The molecule has 0 saturated carbocycles. The van der Waals surface area contributed by atoms with E-state index < -0.39 is 18.3 Å². The maximum atomic E-state index is 13.7. The first-order chi connectivity index (χ1) is 13.8. The number of ether oxygens (including phenoxy) is 2. The third-order valence-electron chi connectivity index (χ3n) is 4.01. The molecule has 0 aliphatic rings. The summed E-state index contributed by atoms with van der Waals surface area (Å²) < 4.78 is 53.9. The van der Waals surface area contributed by atoms with E-state index in [1.54, 1.807) is 26.0 Å². The molecule has 29 heavy (non-hydrogen) atoms. The molecule has 0 spiro atoms. The van der Waals surface area contributed by atoms with Crippen LogP contribution in [0.4, 0.5) is 18.9 Å². The number of carbonyl (C=O) groups is 1. The molecule has 152 valence electrons. The number of benzene rings is 2. The molecule has 6 nitrogen and oxygen atoms in total. The predicted molar refractivity (Wildman–Crippen MR) is 97.7 cm³/mol. The first-order valence-electron chi connectivity index (χ1n) is 8.54. The first-order valence-corrected chi connectivity index (χ1v) is 8.54. The molecule has 1 aromatic heterocycles. The van der Waals surface area contributed by atoms with Crippen LogP contribution in [0.3, 0.4) is 0 Å². The number of alkyl halides is 2. The number of aryl methyl sites for hydroxylation is 2. The Morgan fingerprint density at radius 1 is 1.17 bits per heavy atom. The van der Waals surface area contributed by atoms with Gasteiger partial charge in [-0.15, -0.1) is 0 Å². The number of carbonyl (C=O) groups excluding carboxylic acids is 1. The quantitative estimate of drug-likeness (QED) is 0.606. The zero-order chi connectivity index (χ0) is 21.0. The Bertz CT molecular complexity index is 1020. The highest BCUT2D eigenvalue weighted by Crippen LogP contribution is 2.28. The maximum Gasteiger partial charge on any atom is 0.387 e. The van der Waals surface area contributed by atoms with E-state index in [4.69, 9.17) is 9.26 Å². The molecule has 1 amide bonds. The van der Waals surface area contributed by atoms with E-state index in [2.05, 4.69) is 15.2 Å². The summed E-state index contributed by atoms with van der Waals surface area (Å²) >= 11 is 0. The number of rotatable bonds is 7. The van der Waals surface area contributed by atoms with Gasteiger partial charge in [-0.25, -0.2) is 4.39 Å². The zero-order valence-corrected chi connectivity index (χ0v) is 15.5. The minimum absolute atomic E-state index is 0.00534. The number of para-hydroxylation sites is 1. The zero-order valence-electron chi connectivity index (χ0n) is 15.5. The van der Waals surface area contributed by atoms with Gasteiger partial charge in [-0.05, 0) is 43.7 Å². The fourth-order valence-electron chi connectivity index (χ4n) is 2.57. The number of nitrogens with one attached hydrogen (secondary N) is 1. The van der Waals surface area contributed by atoms with Gasteiger partial charge in [0.25, 0.3) is 5.91 Å². The molecule has 3 aromatic rings. The fourth-order valence-corrected chi connectivity index (χ4v) is 2.57. The Morgan fingerprint density at radius 2 is 1.93 bits per heavy atom. The second-order valence-corrected chi connectivity index (χ2v) is 6.12. The lowest BCUT2D eigenvalue weighted by atomic mass is 10.1. The van der Waals surface area contributed by atoms with Crippen LogP contribution in [0.25, 0.3) is 0 Å². The summed E-state index contributed by atoms with van der Waals surface area (Å²) in [5, 5.41) is 6.20. The molecule has 0 saturated heterocycles. The van der Waals surface area contributed by atoms with Gasteiger partial charge in [0.2, 0.25) is 0 Å². The Balaban J connectivity index is 1.81. The Morgan fingerprint density at radius 3 is 2.66 bits per heavy atom. The molecule has 0 aliphatic carbocycles. The summed E-state index contributed by atoms with van der Waals surface area (Å²) in [6.45, 7) is 0.0810. The Labute approximate surface area is 164 Å². The second-order valence-electron chi connectivity index (χ2n) is 6.12. The molecule has 0 radical (unpaired) electrons. The van der Waals surface area contributed by atoms with Crippen molar-refractivity contribution in [1.82, 2.24) is 5.16 Å². The van der Waals surface area contributed by atoms with Crippen molar-refractivity contribution in [2.24, 2.45) is 0 Å². The van der Waals surface area contributed by atoms with Gasteiger partial charge in [-0.3, -0.25) is 4.79 Å². The summed E-state index contributed by atoms with van der Waals surface area (Å²) in [4.78, 5) is 12.7. The molecule has 3 rings (SSSR count). The van der Waals surface area contributed by atoms with Crippen LogP contribution < -0.4 is 14.8 Å². The Kier molecular flexibility index (Phi) is 6.06. The molecular formula is C20H17F3N2O4. The van der Waals surface area contributed by atoms with Crippen molar-refractivity contribution in [2.45, 2.75) is 27.1 Å². The van der Waals surface area contributed by atoms with Crippen molar-refractivity contribution in [2.75, 3.05) is 5.32 Å². The van der Waals surface area contributed by atoms with Crippen LogP contribution in [0.15, 0.2) is 47.0 Å². The van der Waals surface area contributed by atoms with Crippen molar-refractivity contribution < 1.29 is 32.0 Å². The highest BCUT2D eigenvalue weighted by Gasteiger charge is 2.22. The number of hydrogen-bond acceptors (Lipinski definition) is 5. The molecule has 0 fully saturated rings. The van der Waals surface area contributed by atoms with Gasteiger partial charge in [0.05, 0.1) is 11.3 Å². The standard InChI is InChI=1S/C20H17F3N2O4/c1-11-7-8-17(28-20(22)23)15(9-11)24-19(26)18-13(12(2)29-25-18)10-27-16-6-4-3-5-14(16)21/h3-9,20H,10H2,1-2H3,(H,24,26). The third kappa shape index (κ3) is 4.87. The van der Waals surface area contributed by atoms with Gasteiger partial charge >= 0.3 is 6.61 Å². The summed E-state index contributed by atoms with van der Waals surface area (Å²) in [5.41, 5.74) is 0.969. The topological polar surface area (TPSA) is 73.6 Å². The van der Waals surface area contributed by atoms with Gasteiger partial charge in [0.15, 0.2) is 17.3 Å². The third-order valence-corrected chi connectivity index (χ3v) is 4.01. The SMILES string of the molecule is Cc1ccc(OC(F)F)c(NC(=O)c2noc(C)c2COc2ccccc2F)c1. The molecule has 1 heterocycles. The van der Waals surface area contributed by atoms with Crippen molar-refractivity contribution >= 4 is 11.6 Å². The molecule has 0 bridgehead atoms. The molecule has 0 unspecified atom stereocenters. The van der Waals surface area contributed by atoms with Crippen LogP contribution in [0.2, 0.25) is 0 Å². The van der Waals surface area contributed by atoms with Gasteiger partial charge in [-0.1, -0.05) is 23.4 Å². The maximum absolute atomic E-state index is 13.7. The van der Waals surface area contributed by atoms with Crippen LogP contribution >= 0.6 is 0 Å². The highest BCUT2D eigenvalue weighted by atomic mass is 19.3. The molecule has 9 heteroatoms. The van der Waals surface area contributed by atoms with Crippen molar-refractivity contribution in [1.29, 1.82) is 0 Å². The van der Waals surface area contributed by atoms with E-state index >= 15 is 0 Å². The largest absolute Gasteiger partial charge is 0.486 e. The number of nitrogens with zero attached hydrogens (tertiary/aromatic N) is 1. The van der Waals surface area contributed by atoms with E-state index in [0.29, 0.717) is 11.3 Å². The van der Waals surface area contributed by atoms with Crippen LogP contribution in [0.1, 0.15) is 27.4 Å². The van der Waals surface area contributed by atoms with E-state index in [1.165, 1.54) is 30.3 Å². The fraction of sp³-hybridized carbons (Fsp3) is 0.200. The van der Waals surface area contributed by atoms with Crippen molar-refractivity contribution in [3.63, 3.8) is 0 Å². The molecular weight excluding hydrogens is 389 g/mol. The lowest BCUT2D eigenvalue weighted by Gasteiger charge is -2.12. The summed E-state index contributed by atoms with van der Waals surface area (Å²) in [5.74, 6) is -1.14. The minimum Gasteiger partial charge on any atom is -0.486 e. The van der Waals surface area contributed by atoms with E-state index in [0.717, 1.165) is 5.56 Å². The summed E-state index contributed by atoms with van der Waals surface area (Å²) in [7, 11) is 0. The van der Waals surface area contributed by atoms with Gasteiger partial charge < -0.3 is 19.3 Å². The van der Waals surface area contributed by atoms with Gasteiger partial charge in [-0.2, -0.15) is 8.78 Å². The number of anilines is 1. The van der Waals surface area contributed by atoms with Crippen LogP contribution in [-0.4, -0.2) is 17.7 Å². The second kappa shape index (κ2) is 8.68. The number of halogens is 3. The summed E-state index contributed by atoms with van der Waals surface area (Å²) in [6.07, 6.45) is 0. The van der Waals surface area contributed by atoms with E-state index in [-0.39, 0.29) is 29.5 Å². The monoisotopic (exact) mass is 406 g/mol. The van der Waals surface area contributed by atoms with Gasteiger partial charge in [0, 0.05) is 0 Å². The first kappa shape index (κ1) is 20.2. The number of amides is 1. The van der Waals surface area contributed by atoms with Crippen LogP contribution in [-0.2, 0) is 6.61 Å². The Hall–Kier alpha value is -3.49. The smallest absolute Gasteiger partial charge is 0.387 e. The van der Waals surface area contributed by atoms with Crippen LogP contribution in [0, 0.1) is 19.7 Å². The predicted octanol–water partition coefficient (Wildman–Crippen LogP) is 4.86.